The summed E-state index contributed by atoms with van der Waals surface area (Å²) >= 11 is 0. The van der Waals surface area contributed by atoms with Gasteiger partial charge in [0.05, 0.1) is 0 Å². The van der Waals surface area contributed by atoms with Crippen LogP contribution in [0.5, 0.6) is 0 Å². The summed E-state index contributed by atoms with van der Waals surface area (Å²) in [5.41, 5.74) is 0. The number of nitrogens with one attached hydrogen (secondary N) is 2. The molecule has 1 unspecified atom stereocenters. The molecule has 2 rings (SSSR count). The molecule has 1 aromatic rings. The van der Waals surface area contributed by atoms with E-state index >= 15 is 0 Å². The monoisotopic (exact) mass is 335 g/mol. The Kier molecular flexibility index (Phi) is 7.49. The van der Waals surface area contributed by atoms with Gasteiger partial charge in [0.1, 0.15) is 12.2 Å². The Balaban J connectivity index is 1.77. The molecule has 0 spiro atoms. The Morgan fingerprint density at radius 2 is 2.04 bits per heavy atom. The number of hydrogen-bond donors (Lipinski definition) is 2. The molecule has 0 aromatic carbocycles. The van der Waals surface area contributed by atoms with Gasteiger partial charge in [-0.2, -0.15) is 0 Å². The highest BCUT2D eigenvalue weighted by molar-refractivity contribution is 5.79. The maximum atomic E-state index is 4.34. The molecule has 1 aliphatic rings. The van der Waals surface area contributed by atoms with Crippen molar-refractivity contribution in [2.45, 2.75) is 52.6 Å². The molecule has 0 amide bonds. The quantitative estimate of drug-likeness (QED) is 0.550. The number of hydrogen-bond acceptors (Lipinski definition) is 4. The standard InChI is InChI=1S/C17H33N7/c1-5-16-22-21-13-24(16)11-8-19-17(18-4)20-12-15(14(2)3)23-9-6-7-10-23/h13-15H,5-12H2,1-4H3,(H2,18,19,20). The second kappa shape index (κ2) is 9.61. The highest BCUT2D eigenvalue weighted by atomic mass is 15.3. The van der Waals surface area contributed by atoms with Crippen LogP contribution in [0.15, 0.2) is 11.3 Å². The molecule has 136 valence electrons. The van der Waals surface area contributed by atoms with Crippen LogP contribution in [0.4, 0.5) is 0 Å². The fraction of sp³-hybridized carbons (Fsp3) is 0.824. The number of guanidine groups is 1. The van der Waals surface area contributed by atoms with Gasteiger partial charge in [0.15, 0.2) is 5.96 Å². The fourth-order valence-corrected chi connectivity index (χ4v) is 3.32. The first-order valence-corrected chi connectivity index (χ1v) is 9.21. The molecular weight excluding hydrogens is 302 g/mol. The number of nitrogens with zero attached hydrogens (tertiary/aromatic N) is 5. The van der Waals surface area contributed by atoms with Crippen LogP contribution in [-0.2, 0) is 13.0 Å². The topological polar surface area (TPSA) is 70.4 Å². The first-order chi connectivity index (χ1) is 11.7. The van der Waals surface area contributed by atoms with Crippen LogP contribution in [0.1, 0.15) is 39.4 Å². The maximum Gasteiger partial charge on any atom is 0.191 e. The van der Waals surface area contributed by atoms with Crippen molar-refractivity contribution in [3.8, 4) is 0 Å². The second-order valence-electron chi connectivity index (χ2n) is 6.73. The minimum absolute atomic E-state index is 0.565. The Morgan fingerprint density at radius 1 is 1.29 bits per heavy atom. The first kappa shape index (κ1) is 18.7. The highest BCUT2D eigenvalue weighted by Gasteiger charge is 2.24. The lowest BCUT2D eigenvalue weighted by Gasteiger charge is -2.31. The molecule has 7 heteroatoms. The van der Waals surface area contributed by atoms with Crippen LogP contribution in [-0.4, -0.2) is 64.9 Å². The molecule has 2 N–H and O–H groups in total. The highest BCUT2D eigenvalue weighted by Crippen LogP contribution is 2.16. The van der Waals surface area contributed by atoms with Crippen LogP contribution < -0.4 is 10.6 Å². The molecule has 24 heavy (non-hydrogen) atoms. The molecular formula is C17H33N7. The molecule has 0 saturated carbocycles. The SMILES string of the molecule is CCc1nncn1CCNC(=NC)NCC(C(C)C)N1CCCC1. The zero-order valence-corrected chi connectivity index (χ0v) is 15.6. The minimum Gasteiger partial charge on any atom is -0.355 e. The van der Waals surface area contributed by atoms with E-state index in [1.807, 2.05) is 7.05 Å². The summed E-state index contributed by atoms with van der Waals surface area (Å²) in [6.07, 6.45) is 5.35. The molecule has 7 nitrogen and oxygen atoms in total. The van der Waals surface area contributed by atoms with Crippen LogP contribution in [0, 0.1) is 5.92 Å². The summed E-state index contributed by atoms with van der Waals surface area (Å²) in [5.74, 6) is 2.53. The molecule has 0 aliphatic carbocycles. The van der Waals surface area contributed by atoms with Crippen molar-refractivity contribution >= 4 is 5.96 Å². The van der Waals surface area contributed by atoms with E-state index < -0.39 is 0 Å². The zero-order valence-electron chi connectivity index (χ0n) is 15.6. The number of aromatic nitrogens is 3. The van der Waals surface area contributed by atoms with E-state index in [1.165, 1.54) is 25.9 Å². The second-order valence-corrected chi connectivity index (χ2v) is 6.73. The third kappa shape index (κ3) is 5.19. The maximum absolute atomic E-state index is 4.34. The van der Waals surface area contributed by atoms with E-state index in [9.17, 15) is 0 Å². The smallest absolute Gasteiger partial charge is 0.191 e. The number of aryl methyl sites for hydroxylation is 1. The van der Waals surface area contributed by atoms with Crippen molar-refractivity contribution in [3.05, 3.63) is 12.2 Å². The molecule has 1 aliphatic heterocycles. The normalized spacial score (nSPS) is 17.5. The van der Waals surface area contributed by atoms with Crippen molar-refractivity contribution in [2.24, 2.45) is 10.9 Å². The van der Waals surface area contributed by atoms with Crippen molar-refractivity contribution < 1.29 is 0 Å². The number of aliphatic imine (C=N–C) groups is 1. The molecule has 1 saturated heterocycles. The number of rotatable bonds is 8. The predicted octanol–water partition coefficient (Wildman–Crippen LogP) is 1.13. The van der Waals surface area contributed by atoms with Crippen molar-refractivity contribution in [3.63, 3.8) is 0 Å². The first-order valence-electron chi connectivity index (χ1n) is 9.21. The van der Waals surface area contributed by atoms with Crippen LogP contribution in [0.3, 0.4) is 0 Å². The van der Waals surface area contributed by atoms with E-state index in [2.05, 4.69) is 56.1 Å². The van der Waals surface area contributed by atoms with Gasteiger partial charge in [0.2, 0.25) is 0 Å². The van der Waals surface area contributed by atoms with Crippen LogP contribution in [0.25, 0.3) is 0 Å². The molecule has 1 aromatic heterocycles. The molecule has 0 bridgehead atoms. The lowest BCUT2D eigenvalue weighted by Crippen LogP contribution is -2.49. The van der Waals surface area contributed by atoms with Gasteiger partial charge in [-0.1, -0.05) is 20.8 Å². The fourth-order valence-electron chi connectivity index (χ4n) is 3.32. The third-order valence-electron chi connectivity index (χ3n) is 4.74. The van der Waals surface area contributed by atoms with Crippen molar-refractivity contribution in [1.82, 2.24) is 30.3 Å². The lowest BCUT2D eigenvalue weighted by atomic mass is 10.0. The molecule has 1 fully saturated rings. The summed E-state index contributed by atoms with van der Waals surface area (Å²) in [7, 11) is 1.83. The third-order valence-corrected chi connectivity index (χ3v) is 4.74. The van der Waals surface area contributed by atoms with Crippen molar-refractivity contribution in [2.75, 3.05) is 33.2 Å². The van der Waals surface area contributed by atoms with E-state index in [4.69, 9.17) is 0 Å². The van der Waals surface area contributed by atoms with Gasteiger partial charge in [-0.05, 0) is 31.8 Å². The van der Waals surface area contributed by atoms with E-state index in [-0.39, 0.29) is 0 Å². The van der Waals surface area contributed by atoms with Gasteiger partial charge in [-0.15, -0.1) is 10.2 Å². The van der Waals surface area contributed by atoms with Crippen molar-refractivity contribution in [1.29, 1.82) is 0 Å². The zero-order chi connectivity index (χ0) is 17.4. The summed E-state index contributed by atoms with van der Waals surface area (Å²) in [6.45, 7) is 11.7. The van der Waals surface area contributed by atoms with Gasteiger partial charge >= 0.3 is 0 Å². The van der Waals surface area contributed by atoms with Crippen LogP contribution >= 0.6 is 0 Å². The lowest BCUT2D eigenvalue weighted by molar-refractivity contribution is 0.192. The summed E-state index contributed by atoms with van der Waals surface area (Å²) in [6, 6.07) is 0.565. The Hall–Kier alpha value is -1.63. The summed E-state index contributed by atoms with van der Waals surface area (Å²) in [5, 5.41) is 15.0. The minimum atomic E-state index is 0.565. The molecule has 1 atom stereocenters. The van der Waals surface area contributed by atoms with Gasteiger partial charge in [0, 0.05) is 39.1 Å². The van der Waals surface area contributed by atoms with Gasteiger partial charge in [-0.3, -0.25) is 9.89 Å². The number of likely N-dealkylation sites (tertiary alicyclic amines) is 1. The Labute approximate surface area is 145 Å². The van der Waals surface area contributed by atoms with Gasteiger partial charge in [-0.25, -0.2) is 0 Å². The Morgan fingerprint density at radius 3 is 2.67 bits per heavy atom. The van der Waals surface area contributed by atoms with Gasteiger partial charge in [0.25, 0.3) is 0 Å². The van der Waals surface area contributed by atoms with Crippen LogP contribution in [0.2, 0.25) is 0 Å². The predicted molar refractivity (Wildman–Crippen MR) is 98.2 cm³/mol. The largest absolute Gasteiger partial charge is 0.355 e. The summed E-state index contributed by atoms with van der Waals surface area (Å²) in [4.78, 5) is 6.95. The average Bonchev–Trinajstić information content (AvgIpc) is 3.24. The Bertz CT molecular complexity index is 503. The molecule has 2 heterocycles. The van der Waals surface area contributed by atoms with E-state index in [1.54, 1.807) is 6.33 Å². The van der Waals surface area contributed by atoms with E-state index in [0.717, 1.165) is 37.8 Å². The molecule has 0 radical (unpaired) electrons. The van der Waals surface area contributed by atoms with E-state index in [0.29, 0.717) is 12.0 Å². The van der Waals surface area contributed by atoms with Gasteiger partial charge < -0.3 is 15.2 Å². The summed E-state index contributed by atoms with van der Waals surface area (Å²) < 4.78 is 2.08. The average molecular weight is 336 g/mol.